The van der Waals surface area contributed by atoms with Crippen molar-refractivity contribution in [2.75, 3.05) is 0 Å². The summed E-state index contributed by atoms with van der Waals surface area (Å²) in [4.78, 5) is 27.5. The predicted molar refractivity (Wildman–Crippen MR) is 143 cm³/mol. The third-order valence-corrected chi connectivity index (χ3v) is 6.56. The van der Waals surface area contributed by atoms with Gasteiger partial charge in [0.05, 0.1) is 17.7 Å². The molecule has 0 bridgehead atoms. The molecule has 0 saturated heterocycles. The zero-order valence-corrected chi connectivity index (χ0v) is 23.5. The van der Waals surface area contributed by atoms with Gasteiger partial charge in [0.15, 0.2) is 0 Å². The highest BCUT2D eigenvalue weighted by Crippen LogP contribution is 2.32. The fourth-order valence-electron chi connectivity index (χ4n) is 4.37. The van der Waals surface area contributed by atoms with Crippen molar-refractivity contribution in [2.24, 2.45) is 0 Å². The zero-order chi connectivity index (χ0) is 31.6. The Hall–Kier alpha value is -4.22. The number of esters is 1. The minimum Gasteiger partial charge on any atom is -0.489 e. The lowest BCUT2D eigenvalue weighted by Gasteiger charge is -2.36. The topological polar surface area (TPSA) is 65.1 Å². The van der Waals surface area contributed by atoms with Crippen LogP contribution in [0.25, 0.3) is 0 Å². The molecule has 6 nitrogen and oxygen atoms in total. The highest BCUT2D eigenvalue weighted by atomic mass is 19.4. The molecule has 1 amide bonds. The zero-order valence-electron chi connectivity index (χ0n) is 23.5. The number of nitrogens with zero attached hydrogens (tertiary/aromatic N) is 1. The number of carbonyl (C=O) groups is 2. The van der Waals surface area contributed by atoms with Gasteiger partial charge in [-0.1, -0.05) is 30.3 Å². The van der Waals surface area contributed by atoms with Gasteiger partial charge in [-0.05, 0) is 79.4 Å². The van der Waals surface area contributed by atoms with Crippen LogP contribution in [-0.4, -0.2) is 28.6 Å². The number of hydrogen-bond acceptors (Lipinski definition) is 5. The number of carbonyl (C=O) groups excluding carboxylic acids is 2. The fraction of sp³-hybridized carbons (Fsp3) is 0.355. The minimum atomic E-state index is -4.49. The smallest absolute Gasteiger partial charge is 0.416 e. The Kier molecular flexibility index (Phi) is 8.98. The first-order chi connectivity index (χ1) is 20.0. The molecule has 1 aliphatic rings. The summed E-state index contributed by atoms with van der Waals surface area (Å²) in [6.07, 6.45) is -9.61. The lowest BCUT2D eigenvalue weighted by Crippen LogP contribution is -2.50. The van der Waals surface area contributed by atoms with Crippen LogP contribution < -0.4 is 4.74 Å². The Balaban J connectivity index is 1.47. The molecule has 0 unspecified atom stereocenters. The third kappa shape index (κ3) is 8.42. The summed E-state index contributed by atoms with van der Waals surface area (Å²) in [5, 5.41) is 0. The van der Waals surface area contributed by atoms with Crippen molar-refractivity contribution < 1.29 is 50.1 Å². The molecule has 0 aromatic heterocycles. The molecule has 0 spiro atoms. The molecule has 3 aromatic carbocycles. The van der Waals surface area contributed by atoms with Gasteiger partial charge in [0, 0.05) is 6.42 Å². The minimum absolute atomic E-state index is 0.00556. The van der Waals surface area contributed by atoms with Gasteiger partial charge in [0.25, 0.3) is 0 Å². The molecule has 3 aromatic rings. The fourth-order valence-corrected chi connectivity index (χ4v) is 4.37. The number of rotatable bonds is 6. The quantitative estimate of drug-likeness (QED) is 0.212. The molecule has 43 heavy (non-hydrogen) atoms. The number of ether oxygens (including phenoxy) is 3. The molecule has 0 fully saturated rings. The summed E-state index contributed by atoms with van der Waals surface area (Å²) in [6.45, 7) is 4.71. The van der Waals surface area contributed by atoms with E-state index in [2.05, 4.69) is 0 Å². The van der Waals surface area contributed by atoms with E-state index in [-0.39, 0.29) is 26.2 Å². The second-order valence-corrected chi connectivity index (χ2v) is 11.0. The molecule has 0 aliphatic carbocycles. The van der Waals surface area contributed by atoms with E-state index < -0.39 is 47.2 Å². The monoisotopic (exact) mass is 609 g/mol. The normalized spacial score (nSPS) is 15.5. The van der Waals surface area contributed by atoms with Gasteiger partial charge in [-0.15, -0.1) is 0 Å². The number of alkyl halides is 6. The summed E-state index contributed by atoms with van der Waals surface area (Å²) < 4.78 is 93.7. The van der Waals surface area contributed by atoms with Crippen LogP contribution in [-0.2, 0) is 52.8 Å². The van der Waals surface area contributed by atoms with E-state index in [0.29, 0.717) is 22.4 Å². The molecular weight excluding hydrogens is 580 g/mol. The molecule has 230 valence electrons. The lowest BCUT2D eigenvalue weighted by molar-refractivity contribution is -0.152. The molecular formula is C31H29F6NO5. The number of fused-ring (bicyclic) bond motifs is 1. The second kappa shape index (κ2) is 12.2. The van der Waals surface area contributed by atoms with Gasteiger partial charge in [0.1, 0.15) is 30.6 Å². The van der Waals surface area contributed by atoms with E-state index in [9.17, 15) is 35.9 Å². The van der Waals surface area contributed by atoms with Crippen molar-refractivity contribution in [1.29, 1.82) is 0 Å². The first-order valence-corrected chi connectivity index (χ1v) is 13.2. The summed E-state index contributed by atoms with van der Waals surface area (Å²) >= 11 is 0. The van der Waals surface area contributed by atoms with Crippen LogP contribution in [0, 0.1) is 0 Å². The maximum Gasteiger partial charge on any atom is 0.416 e. The van der Waals surface area contributed by atoms with Gasteiger partial charge in [-0.3, -0.25) is 4.90 Å². The molecule has 4 rings (SSSR count). The van der Waals surface area contributed by atoms with E-state index in [1.807, 2.05) is 0 Å². The van der Waals surface area contributed by atoms with Crippen LogP contribution >= 0.6 is 0 Å². The van der Waals surface area contributed by atoms with Gasteiger partial charge < -0.3 is 14.2 Å². The van der Waals surface area contributed by atoms with Crippen molar-refractivity contribution in [3.63, 3.8) is 0 Å². The van der Waals surface area contributed by atoms with Crippen LogP contribution in [0.1, 0.15) is 54.2 Å². The Morgan fingerprint density at radius 1 is 0.767 bits per heavy atom. The molecule has 0 radical (unpaired) electrons. The number of amides is 1. The third-order valence-electron chi connectivity index (χ3n) is 6.56. The Morgan fingerprint density at radius 3 is 1.81 bits per heavy atom. The van der Waals surface area contributed by atoms with Crippen molar-refractivity contribution in [1.82, 2.24) is 4.90 Å². The predicted octanol–water partition coefficient (Wildman–Crippen LogP) is 7.71. The molecule has 1 atom stereocenters. The van der Waals surface area contributed by atoms with E-state index in [4.69, 9.17) is 14.2 Å². The number of benzene rings is 3. The summed E-state index contributed by atoms with van der Waals surface area (Å²) in [7, 11) is 0. The van der Waals surface area contributed by atoms with Crippen LogP contribution in [0.4, 0.5) is 31.1 Å². The van der Waals surface area contributed by atoms with Gasteiger partial charge >= 0.3 is 24.4 Å². The van der Waals surface area contributed by atoms with Gasteiger partial charge in [-0.25, -0.2) is 9.59 Å². The lowest BCUT2D eigenvalue weighted by atomic mass is 9.94. The van der Waals surface area contributed by atoms with Gasteiger partial charge in [0.2, 0.25) is 0 Å². The molecule has 0 N–H and O–H groups in total. The van der Waals surface area contributed by atoms with Crippen molar-refractivity contribution in [3.05, 3.63) is 100 Å². The average Bonchev–Trinajstić information content (AvgIpc) is 2.92. The highest BCUT2D eigenvalue weighted by molar-refractivity contribution is 5.82. The Labute approximate surface area is 244 Å². The van der Waals surface area contributed by atoms with E-state index in [0.717, 1.165) is 29.8 Å². The van der Waals surface area contributed by atoms with Crippen LogP contribution in [0.2, 0.25) is 0 Å². The van der Waals surface area contributed by atoms with E-state index in [1.54, 1.807) is 39.0 Å². The highest BCUT2D eigenvalue weighted by Gasteiger charge is 2.38. The maximum absolute atomic E-state index is 13.2. The Morgan fingerprint density at radius 2 is 1.30 bits per heavy atom. The van der Waals surface area contributed by atoms with Crippen molar-refractivity contribution in [2.45, 2.75) is 70.9 Å². The Bertz CT molecular complexity index is 1440. The first-order valence-electron chi connectivity index (χ1n) is 13.2. The van der Waals surface area contributed by atoms with E-state index >= 15 is 0 Å². The van der Waals surface area contributed by atoms with Crippen molar-refractivity contribution >= 4 is 12.1 Å². The van der Waals surface area contributed by atoms with Crippen molar-refractivity contribution in [3.8, 4) is 5.75 Å². The number of hydrogen-bond donors (Lipinski definition) is 0. The number of halogens is 6. The standard InChI is InChI=1S/C31H29F6NO5/c1-29(2,3)43-28(40)38-16-22-14-25(41-17-19-4-9-23(10-5-19)30(32,33)34)13-8-21(22)15-26(38)27(39)42-18-20-6-11-24(12-7-20)31(35,36)37/h4-14,26H,15-18H2,1-3H3/t26-/m0/s1. The largest absolute Gasteiger partial charge is 0.489 e. The molecule has 0 saturated carbocycles. The molecule has 12 heteroatoms. The summed E-state index contributed by atoms with van der Waals surface area (Å²) in [5.41, 5.74) is -0.183. The molecule has 1 aliphatic heterocycles. The van der Waals surface area contributed by atoms with Crippen LogP contribution in [0.3, 0.4) is 0 Å². The van der Waals surface area contributed by atoms with Crippen LogP contribution in [0.15, 0.2) is 66.7 Å². The molecule has 1 heterocycles. The second-order valence-electron chi connectivity index (χ2n) is 11.0. The summed E-state index contributed by atoms with van der Waals surface area (Å²) in [5.74, 6) is -0.342. The SMILES string of the molecule is CC(C)(C)OC(=O)N1Cc2cc(OCc3ccc(C(F)(F)F)cc3)ccc2C[C@H]1C(=O)OCc1ccc(C(F)(F)F)cc1. The van der Waals surface area contributed by atoms with E-state index in [1.165, 1.54) is 29.2 Å². The van der Waals surface area contributed by atoms with Crippen LogP contribution in [0.5, 0.6) is 5.75 Å². The summed E-state index contributed by atoms with van der Waals surface area (Å²) in [6, 6.07) is 12.8. The maximum atomic E-state index is 13.2. The average molecular weight is 610 g/mol. The van der Waals surface area contributed by atoms with Gasteiger partial charge in [-0.2, -0.15) is 26.3 Å². The first kappa shape index (κ1) is 31.7.